The highest BCUT2D eigenvalue weighted by Gasteiger charge is 2.34. The Balaban J connectivity index is 0.000000770. The highest BCUT2D eigenvalue weighted by molar-refractivity contribution is 8.56. The molecule has 0 aromatic rings. The first-order chi connectivity index (χ1) is 7.89. The smallest absolute Gasteiger partial charge is 0.260 e. The largest absolute Gasteiger partial charge is 0.397 e. The Kier molecular flexibility index (Phi) is 9.25. The minimum atomic E-state index is -2.55. The summed E-state index contributed by atoms with van der Waals surface area (Å²) in [5.74, 6) is 0. The Morgan fingerprint density at radius 1 is 1.65 bits per heavy atom. The molecule has 17 heavy (non-hydrogen) atoms. The van der Waals surface area contributed by atoms with E-state index in [1.54, 1.807) is 6.92 Å². The molecule has 3 unspecified atom stereocenters. The van der Waals surface area contributed by atoms with E-state index < -0.39 is 6.57 Å². The molecule has 1 heterocycles. The third-order valence-corrected chi connectivity index (χ3v) is 7.90. The summed E-state index contributed by atoms with van der Waals surface area (Å²) in [4.78, 5) is 0. The second-order valence-electron chi connectivity index (χ2n) is 3.88. The molecule has 1 N–H and O–H groups in total. The molecule has 104 valence electrons. The zero-order valence-corrected chi connectivity index (χ0v) is 13.4. The van der Waals surface area contributed by atoms with Gasteiger partial charge in [-0.3, -0.25) is 4.57 Å². The number of thiol groups is 1. The van der Waals surface area contributed by atoms with Crippen LogP contribution in [-0.2, 0) is 13.8 Å². The van der Waals surface area contributed by atoms with Crippen LogP contribution in [0.3, 0.4) is 0 Å². The van der Waals surface area contributed by atoms with E-state index in [0.29, 0.717) is 6.61 Å². The van der Waals surface area contributed by atoms with Crippen molar-refractivity contribution >= 4 is 30.6 Å². The molecule has 1 aliphatic rings. The lowest BCUT2D eigenvalue weighted by atomic mass is 10.3. The van der Waals surface area contributed by atoms with Crippen molar-refractivity contribution in [1.82, 2.24) is 0 Å². The zero-order valence-electron chi connectivity index (χ0n) is 10.8. The summed E-state index contributed by atoms with van der Waals surface area (Å²) in [5, 5.41) is 7.57. The predicted molar refractivity (Wildman–Crippen MR) is 77.2 cm³/mol. The standard InChI is InChI=1S/C8H17O3PS2.C2H6O/c1-6(2)12(9,14-3)11-7-4-8(13)10-5-7;1-2-3/h6-8,13H,4-5H2,1-3H3;3H,2H2,1H3. The van der Waals surface area contributed by atoms with Crippen LogP contribution in [0.25, 0.3) is 0 Å². The molecule has 0 radical (unpaired) electrons. The van der Waals surface area contributed by atoms with Crippen LogP contribution in [0.5, 0.6) is 0 Å². The van der Waals surface area contributed by atoms with Gasteiger partial charge in [-0.15, -0.1) is 12.6 Å². The van der Waals surface area contributed by atoms with Crippen LogP contribution in [0, 0.1) is 0 Å². The van der Waals surface area contributed by atoms with E-state index >= 15 is 0 Å². The second kappa shape index (κ2) is 8.83. The molecule has 1 aliphatic heterocycles. The van der Waals surface area contributed by atoms with Crippen LogP contribution in [-0.4, -0.2) is 41.8 Å². The summed E-state index contributed by atoms with van der Waals surface area (Å²) in [7, 11) is 0. The predicted octanol–water partition coefficient (Wildman–Crippen LogP) is 3.01. The first kappa shape index (κ1) is 17.8. The van der Waals surface area contributed by atoms with Gasteiger partial charge in [0, 0.05) is 18.7 Å². The fraction of sp³-hybridized carbons (Fsp3) is 1.00. The maximum Gasteiger partial charge on any atom is 0.260 e. The zero-order chi connectivity index (χ0) is 13.5. The topological polar surface area (TPSA) is 55.8 Å². The molecule has 0 spiro atoms. The quantitative estimate of drug-likeness (QED) is 0.617. The van der Waals surface area contributed by atoms with Gasteiger partial charge < -0.3 is 14.4 Å². The molecule has 7 heteroatoms. The maximum absolute atomic E-state index is 12.2. The van der Waals surface area contributed by atoms with E-state index in [-0.39, 0.29) is 23.8 Å². The molecule has 0 aromatic heterocycles. The molecule has 1 rings (SSSR count). The minimum Gasteiger partial charge on any atom is -0.397 e. The van der Waals surface area contributed by atoms with E-state index in [0.717, 1.165) is 6.42 Å². The van der Waals surface area contributed by atoms with Gasteiger partial charge in [0.15, 0.2) is 0 Å². The van der Waals surface area contributed by atoms with Crippen molar-refractivity contribution < 1.29 is 18.9 Å². The van der Waals surface area contributed by atoms with E-state index in [9.17, 15) is 4.57 Å². The van der Waals surface area contributed by atoms with Crippen LogP contribution in [0.15, 0.2) is 0 Å². The number of hydrogen-bond acceptors (Lipinski definition) is 6. The number of rotatable bonds is 4. The summed E-state index contributed by atoms with van der Waals surface area (Å²) in [6.07, 6.45) is 2.49. The highest BCUT2D eigenvalue weighted by atomic mass is 32.7. The van der Waals surface area contributed by atoms with Crippen LogP contribution >= 0.6 is 30.6 Å². The number of hydrogen-bond donors (Lipinski definition) is 2. The Morgan fingerprint density at radius 3 is 2.47 bits per heavy atom. The molecule has 1 saturated heterocycles. The third-order valence-electron chi connectivity index (χ3n) is 2.12. The van der Waals surface area contributed by atoms with Gasteiger partial charge in [-0.1, -0.05) is 25.2 Å². The van der Waals surface area contributed by atoms with Crippen molar-refractivity contribution in [1.29, 1.82) is 0 Å². The van der Waals surface area contributed by atoms with E-state index in [1.165, 1.54) is 11.4 Å². The van der Waals surface area contributed by atoms with Crippen molar-refractivity contribution in [2.45, 2.75) is 44.4 Å². The Hall–Kier alpha value is 0.810. The summed E-state index contributed by atoms with van der Waals surface area (Å²) in [5.41, 5.74) is -0.0149. The number of ether oxygens (including phenoxy) is 1. The second-order valence-corrected chi connectivity index (χ2v) is 9.77. The van der Waals surface area contributed by atoms with E-state index in [2.05, 4.69) is 12.6 Å². The van der Waals surface area contributed by atoms with Gasteiger partial charge in [0.25, 0.3) is 6.57 Å². The van der Waals surface area contributed by atoms with Crippen LogP contribution in [0.2, 0.25) is 0 Å². The van der Waals surface area contributed by atoms with Crippen LogP contribution in [0.1, 0.15) is 27.2 Å². The molecule has 0 bridgehead atoms. The molecule has 0 aliphatic carbocycles. The summed E-state index contributed by atoms with van der Waals surface area (Å²) in [6.45, 7) is 3.73. The van der Waals surface area contributed by atoms with Gasteiger partial charge in [0.05, 0.1) is 12.7 Å². The van der Waals surface area contributed by atoms with Gasteiger partial charge in [-0.2, -0.15) is 0 Å². The van der Waals surface area contributed by atoms with Crippen molar-refractivity contribution in [2.24, 2.45) is 0 Å². The van der Waals surface area contributed by atoms with Crippen molar-refractivity contribution in [3.63, 3.8) is 0 Å². The first-order valence-electron chi connectivity index (χ1n) is 5.64. The summed E-state index contributed by atoms with van der Waals surface area (Å²) < 4.78 is 23.1. The van der Waals surface area contributed by atoms with Gasteiger partial charge >= 0.3 is 0 Å². The van der Waals surface area contributed by atoms with Crippen LogP contribution in [0.4, 0.5) is 0 Å². The third kappa shape index (κ3) is 6.50. The molecule has 0 aromatic carbocycles. The lowest BCUT2D eigenvalue weighted by Crippen LogP contribution is -2.13. The lowest BCUT2D eigenvalue weighted by Gasteiger charge is -2.22. The fourth-order valence-electron chi connectivity index (χ4n) is 1.24. The molecular weight excluding hydrogens is 279 g/mol. The number of aliphatic hydroxyl groups excluding tert-OH is 1. The molecule has 4 nitrogen and oxygen atoms in total. The van der Waals surface area contributed by atoms with Gasteiger partial charge in [0.2, 0.25) is 0 Å². The van der Waals surface area contributed by atoms with Gasteiger partial charge in [0.1, 0.15) is 5.44 Å². The molecule has 0 saturated carbocycles. The lowest BCUT2D eigenvalue weighted by molar-refractivity contribution is 0.134. The summed E-state index contributed by atoms with van der Waals surface area (Å²) in [6, 6.07) is 0. The SMILES string of the molecule is CCO.CSP(=O)(OC1COC(S)C1)C(C)C. The average molecular weight is 302 g/mol. The van der Waals surface area contributed by atoms with Crippen molar-refractivity contribution in [2.75, 3.05) is 19.5 Å². The Morgan fingerprint density at radius 2 is 2.18 bits per heavy atom. The molecule has 0 amide bonds. The molecular formula is C10H23O4PS2. The fourth-order valence-corrected chi connectivity index (χ4v) is 4.76. The van der Waals surface area contributed by atoms with Gasteiger partial charge in [-0.05, 0) is 13.2 Å². The number of aliphatic hydroxyl groups is 1. The van der Waals surface area contributed by atoms with Crippen LogP contribution < -0.4 is 0 Å². The van der Waals surface area contributed by atoms with E-state index in [1.807, 2.05) is 20.1 Å². The summed E-state index contributed by atoms with van der Waals surface area (Å²) >= 11 is 5.50. The Labute approximate surface area is 113 Å². The van der Waals surface area contributed by atoms with E-state index in [4.69, 9.17) is 14.4 Å². The average Bonchev–Trinajstić information content (AvgIpc) is 2.64. The van der Waals surface area contributed by atoms with Crippen molar-refractivity contribution in [3.05, 3.63) is 0 Å². The van der Waals surface area contributed by atoms with Crippen molar-refractivity contribution in [3.8, 4) is 0 Å². The van der Waals surface area contributed by atoms with Gasteiger partial charge in [-0.25, -0.2) is 0 Å². The molecule has 3 atom stereocenters. The maximum atomic E-state index is 12.2. The molecule has 1 fully saturated rings. The monoisotopic (exact) mass is 302 g/mol. The minimum absolute atomic E-state index is 0.0523. The first-order valence-corrected chi connectivity index (χ1v) is 9.68. The normalized spacial score (nSPS) is 27.5. The highest BCUT2D eigenvalue weighted by Crippen LogP contribution is 2.63. The Bertz CT molecular complexity index is 250.